The lowest BCUT2D eigenvalue weighted by molar-refractivity contribution is 0.101. The Balaban J connectivity index is 1.72. The van der Waals surface area contributed by atoms with Gasteiger partial charge in [-0.1, -0.05) is 12.1 Å². The van der Waals surface area contributed by atoms with Crippen LogP contribution in [0.1, 0.15) is 37.4 Å². The normalized spacial score (nSPS) is 11.4. The molecule has 26 heavy (non-hydrogen) atoms. The maximum atomic E-state index is 12.4. The van der Waals surface area contributed by atoms with Gasteiger partial charge in [-0.25, -0.2) is 13.1 Å². The molecule has 3 aromatic rings. The average Bonchev–Trinajstić information content (AvgIpc) is 3.31. The number of carbonyl (C=O) groups excluding carboxylic acids is 2. The second-order valence-electron chi connectivity index (χ2n) is 5.52. The first-order valence-corrected chi connectivity index (χ1v) is 10.9. The summed E-state index contributed by atoms with van der Waals surface area (Å²) in [6.45, 7) is 1.46. The highest BCUT2D eigenvalue weighted by molar-refractivity contribution is 7.89. The molecule has 0 saturated carbocycles. The minimum Gasteiger partial charge on any atom is -0.295 e. The van der Waals surface area contributed by atoms with Crippen molar-refractivity contribution in [1.82, 2.24) is 4.72 Å². The molecule has 0 bridgehead atoms. The SMILES string of the molecule is CC(=O)c1cccc(S(=O)(=O)NCc2ccc(C(=O)c3ccsc3)s2)c1. The molecule has 1 N–H and O–H groups in total. The van der Waals surface area contributed by atoms with E-state index in [9.17, 15) is 18.0 Å². The standard InChI is InChI=1S/C18H15NO4S3/c1-12(20)13-3-2-4-16(9-13)26(22,23)19-10-15-5-6-17(25-15)18(21)14-7-8-24-11-14/h2-9,11,19H,10H2,1H3. The monoisotopic (exact) mass is 405 g/mol. The number of hydrogen-bond donors (Lipinski definition) is 1. The van der Waals surface area contributed by atoms with E-state index in [0.717, 1.165) is 4.88 Å². The lowest BCUT2D eigenvalue weighted by atomic mass is 10.2. The Bertz CT molecular complexity index is 1050. The van der Waals surface area contributed by atoms with Crippen molar-refractivity contribution >= 4 is 44.3 Å². The molecular weight excluding hydrogens is 390 g/mol. The molecule has 0 radical (unpaired) electrons. The number of sulfonamides is 1. The summed E-state index contributed by atoms with van der Waals surface area (Å²) >= 11 is 2.71. The van der Waals surface area contributed by atoms with Crippen LogP contribution in [0.15, 0.2) is 58.1 Å². The summed E-state index contributed by atoms with van der Waals surface area (Å²) in [4.78, 5) is 25.0. The van der Waals surface area contributed by atoms with Gasteiger partial charge in [-0.3, -0.25) is 9.59 Å². The van der Waals surface area contributed by atoms with Crippen molar-refractivity contribution < 1.29 is 18.0 Å². The third-order valence-electron chi connectivity index (χ3n) is 3.66. The van der Waals surface area contributed by atoms with Gasteiger partial charge in [0.15, 0.2) is 5.78 Å². The summed E-state index contributed by atoms with van der Waals surface area (Å²) < 4.78 is 27.4. The van der Waals surface area contributed by atoms with E-state index in [0.29, 0.717) is 16.0 Å². The molecule has 0 spiro atoms. The smallest absolute Gasteiger partial charge is 0.240 e. The summed E-state index contributed by atoms with van der Waals surface area (Å²) in [5.74, 6) is -0.267. The minimum atomic E-state index is -3.75. The van der Waals surface area contributed by atoms with Crippen LogP contribution >= 0.6 is 22.7 Å². The number of carbonyl (C=O) groups is 2. The largest absolute Gasteiger partial charge is 0.295 e. The summed E-state index contributed by atoms with van der Waals surface area (Å²) in [5, 5.41) is 3.62. The van der Waals surface area contributed by atoms with Gasteiger partial charge in [-0.2, -0.15) is 11.3 Å². The Morgan fingerprint density at radius 2 is 1.88 bits per heavy atom. The first kappa shape index (κ1) is 18.7. The predicted molar refractivity (Wildman–Crippen MR) is 103 cm³/mol. The number of benzene rings is 1. The molecule has 0 saturated heterocycles. The Morgan fingerprint density at radius 1 is 1.08 bits per heavy atom. The number of rotatable bonds is 7. The Labute approximate surface area is 159 Å². The number of Topliss-reactive ketones (excluding diaryl/α,β-unsaturated/α-hetero) is 1. The molecule has 0 aliphatic rings. The minimum absolute atomic E-state index is 0.0383. The number of hydrogen-bond acceptors (Lipinski definition) is 6. The Kier molecular flexibility index (Phi) is 5.47. The summed E-state index contributed by atoms with van der Waals surface area (Å²) in [6, 6.07) is 11.1. The van der Waals surface area contributed by atoms with Crippen molar-refractivity contribution in [3.05, 3.63) is 74.1 Å². The highest BCUT2D eigenvalue weighted by Crippen LogP contribution is 2.22. The molecule has 0 aliphatic heterocycles. The van der Waals surface area contributed by atoms with Crippen LogP contribution in [0.5, 0.6) is 0 Å². The van der Waals surface area contributed by atoms with E-state index in [1.165, 1.54) is 47.8 Å². The van der Waals surface area contributed by atoms with Crippen molar-refractivity contribution in [3.63, 3.8) is 0 Å². The van der Waals surface area contributed by atoms with E-state index in [4.69, 9.17) is 0 Å². The predicted octanol–water partition coefficient (Wildman–Crippen LogP) is 3.72. The molecule has 0 unspecified atom stereocenters. The van der Waals surface area contributed by atoms with Gasteiger partial charge in [-0.15, -0.1) is 11.3 Å². The molecule has 0 fully saturated rings. The highest BCUT2D eigenvalue weighted by atomic mass is 32.2. The van der Waals surface area contributed by atoms with Crippen LogP contribution in [-0.4, -0.2) is 20.0 Å². The zero-order valence-corrected chi connectivity index (χ0v) is 16.2. The zero-order valence-electron chi connectivity index (χ0n) is 13.8. The van der Waals surface area contributed by atoms with Gasteiger partial charge < -0.3 is 0 Å². The van der Waals surface area contributed by atoms with Gasteiger partial charge in [0.2, 0.25) is 15.8 Å². The van der Waals surface area contributed by atoms with Crippen LogP contribution in [0, 0.1) is 0 Å². The van der Waals surface area contributed by atoms with Gasteiger partial charge in [-0.05, 0) is 42.6 Å². The third-order valence-corrected chi connectivity index (χ3v) is 6.82. The van der Waals surface area contributed by atoms with Crippen LogP contribution in [-0.2, 0) is 16.6 Å². The molecule has 5 nitrogen and oxygen atoms in total. The summed E-state index contributed by atoms with van der Waals surface area (Å²) in [6.07, 6.45) is 0. The third kappa shape index (κ3) is 4.16. The molecule has 2 aromatic heterocycles. The Morgan fingerprint density at radius 3 is 2.58 bits per heavy atom. The lowest BCUT2D eigenvalue weighted by Crippen LogP contribution is -2.23. The fraction of sp³-hybridized carbons (Fsp3) is 0.111. The fourth-order valence-electron chi connectivity index (χ4n) is 2.26. The molecule has 8 heteroatoms. The second-order valence-corrected chi connectivity index (χ2v) is 9.23. The van der Waals surface area contributed by atoms with E-state index >= 15 is 0 Å². The van der Waals surface area contributed by atoms with Crippen molar-refractivity contribution in [2.75, 3.05) is 0 Å². The summed E-state index contributed by atoms with van der Waals surface area (Å²) in [7, 11) is -3.75. The van der Waals surface area contributed by atoms with Crippen molar-refractivity contribution in [2.24, 2.45) is 0 Å². The Hall–Kier alpha value is -2.13. The lowest BCUT2D eigenvalue weighted by Gasteiger charge is -2.06. The molecular formula is C18H15NO4S3. The van der Waals surface area contributed by atoms with E-state index in [-0.39, 0.29) is 23.0 Å². The molecule has 0 atom stereocenters. The van der Waals surface area contributed by atoms with E-state index < -0.39 is 10.0 Å². The highest BCUT2D eigenvalue weighted by Gasteiger charge is 2.17. The zero-order chi connectivity index (χ0) is 18.7. The van der Waals surface area contributed by atoms with Crippen molar-refractivity contribution in [3.8, 4) is 0 Å². The summed E-state index contributed by atoms with van der Waals surface area (Å²) in [5.41, 5.74) is 0.970. The molecule has 134 valence electrons. The maximum Gasteiger partial charge on any atom is 0.240 e. The average molecular weight is 406 g/mol. The fourth-order valence-corrected chi connectivity index (χ4v) is 4.95. The van der Waals surface area contributed by atoms with Crippen LogP contribution in [0.25, 0.3) is 0 Å². The molecule has 0 amide bonds. The first-order valence-electron chi connectivity index (χ1n) is 7.63. The maximum absolute atomic E-state index is 12.4. The van der Waals surface area contributed by atoms with Gasteiger partial charge in [0.05, 0.1) is 9.77 Å². The number of thiophene rings is 2. The van der Waals surface area contributed by atoms with Gasteiger partial charge in [0.1, 0.15) is 0 Å². The second kappa shape index (κ2) is 7.63. The van der Waals surface area contributed by atoms with Crippen molar-refractivity contribution in [1.29, 1.82) is 0 Å². The molecule has 0 aliphatic carbocycles. The molecule has 1 aromatic carbocycles. The van der Waals surface area contributed by atoms with Crippen molar-refractivity contribution in [2.45, 2.75) is 18.4 Å². The van der Waals surface area contributed by atoms with Gasteiger partial charge >= 0.3 is 0 Å². The number of ketones is 2. The van der Waals surface area contributed by atoms with Crippen LogP contribution in [0.3, 0.4) is 0 Å². The van der Waals surface area contributed by atoms with Crippen LogP contribution in [0.2, 0.25) is 0 Å². The molecule has 3 rings (SSSR count). The van der Waals surface area contributed by atoms with Gasteiger partial charge in [0.25, 0.3) is 0 Å². The first-order chi connectivity index (χ1) is 12.4. The van der Waals surface area contributed by atoms with Crippen LogP contribution < -0.4 is 4.72 Å². The molecule has 2 heterocycles. The van der Waals surface area contributed by atoms with E-state index in [1.807, 2.05) is 5.38 Å². The van der Waals surface area contributed by atoms with Gasteiger partial charge in [0, 0.05) is 27.9 Å². The van der Waals surface area contributed by atoms with Crippen LogP contribution in [0.4, 0.5) is 0 Å². The van der Waals surface area contributed by atoms with E-state index in [1.54, 1.807) is 29.6 Å². The quantitative estimate of drug-likeness (QED) is 0.608. The topological polar surface area (TPSA) is 80.3 Å². The number of nitrogens with one attached hydrogen (secondary N) is 1. The van der Waals surface area contributed by atoms with E-state index in [2.05, 4.69) is 4.72 Å².